The van der Waals surface area contributed by atoms with Crippen LogP contribution < -0.4 is 9.47 Å². The molecule has 0 saturated heterocycles. The van der Waals surface area contributed by atoms with Gasteiger partial charge in [-0.15, -0.1) is 0 Å². The lowest BCUT2D eigenvalue weighted by Gasteiger charge is -2.33. The maximum absolute atomic E-state index is 12.7. The van der Waals surface area contributed by atoms with E-state index in [1.165, 1.54) is 0 Å². The van der Waals surface area contributed by atoms with Crippen LogP contribution in [0.2, 0.25) is 0 Å². The molecule has 2 heterocycles. The number of carbonyl (C=O) groups excluding carboxylic acids is 1. The molecule has 6 nitrogen and oxygen atoms in total. The van der Waals surface area contributed by atoms with Crippen LogP contribution in [0, 0.1) is 0 Å². The van der Waals surface area contributed by atoms with E-state index in [0.29, 0.717) is 31.3 Å². The summed E-state index contributed by atoms with van der Waals surface area (Å²) in [5.74, 6) is 1.34. The third-order valence-corrected chi connectivity index (χ3v) is 3.98. The summed E-state index contributed by atoms with van der Waals surface area (Å²) in [5.41, 5.74) is 0.240. The fraction of sp³-hybridized carbons (Fsp3) is 0.684. The van der Waals surface area contributed by atoms with Gasteiger partial charge < -0.3 is 14.2 Å². The summed E-state index contributed by atoms with van der Waals surface area (Å²) in [6.45, 7) is 11.3. The Bertz CT molecular complexity index is 583. The van der Waals surface area contributed by atoms with Crippen LogP contribution in [0.25, 0.3) is 0 Å². The molecule has 1 aromatic rings. The normalized spacial score (nSPS) is 14.8. The van der Waals surface area contributed by atoms with E-state index in [9.17, 15) is 4.79 Å². The lowest BCUT2D eigenvalue weighted by molar-refractivity contribution is 0.0121. The van der Waals surface area contributed by atoms with Crippen molar-refractivity contribution in [1.82, 2.24) is 9.88 Å². The van der Waals surface area contributed by atoms with E-state index >= 15 is 0 Å². The van der Waals surface area contributed by atoms with Crippen molar-refractivity contribution in [2.24, 2.45) is 0 Å². The number of pyridine rings is 1. The largest absolute Gasteiger partial charge is 0.486 e. The van der Waals surface area contributed by atoms with Crippen LogP contribution in [0.5, 0.6) is 11.5 Å². The molecule has 1 atom stereocenters. The molecule has 0 aromatic carbocycles. The van der Waals surface area contributed by atoms with E-state index in [4.69, 9.17) is 14.2 Å². The Morgan fingerprint density at radius 3 is 2.56 bits per heavy atom. The number of fused-ring (bicyclic) bond motifs is 1. The molecule has 1 aromatic heterocycles. The van der Waals surface area contributed by atoms with Crippen molar-refractivity contribution >= 4 is 6.09 Å². The molecule has 25 heavy (non-hydrogen) atoms. The standard InChI is InChI=1S/C19H30N2O4/c1-6-8-15(7-2)21(18(22)25-19(3,4)5)13-14-11-16-17(12-20-14)24-10-9-23-16/h11-12,15H,6-10,13H2,1-5H3. The number of hydrogen-bond acceptors (Lipinski definition) is 5. The lowest BCUT2D eigenvalue weighted by Crippen LogP contribution is -2.43. The van der Waals surface area contributed by atoms with Gasteiger partial charge in [-0.3, -0.25) is 9.88 Å². The van der Waals surface area contributed by atoms with Gasteiger partial charge in [0, 0.05) is 12.1 Å². The molecule has 0 saturated carbocycles. The molecule has 0 N–H and O–H groups in total. The Labute approximate surface area is 150 Å². The first kappa shape index (κ1) is 19.3. The zero-order chi connectivity index (χ0) is 18.4. The van der Waals surface area contributed by atoms with Crippen molar-refractivity contribution in [1.29, 1.82) is 0 Å². The Hall–Kier alpha value is -1.98. The molecule has 0 bridgehead atoms. The van der Waals surface area contributed by atoms with Gasteiger partial charge in [0.2, 0.25) is 0 Å². The molecular weight excluding hydrogens is 320 g/mol. The topological polar surface area (TPSA) is 60.9 Å². The first-order chi connectivity index (χ1) is 11.8. The Morgan fingerprint density at radius 1 is 1.28 bits per heavy atom. The van der Waals surface area contributed by atoms with Gasteiger partial charge in [0.1, 0.15) is 18.8 Å². The van der Waals surface area contributed by atoms with Gasteiger partial charge in [-0.05, 0) is 33.6 Å². The molecule has 6 heteroatoms. The zero-order valence-corrected chi connectivity index (χ0v) is 16.0. The first-order valence-corrected chi connectivity index (χ1v) is 9.08. The van der Waals surface area contributed by atoms with Gasteiger partial charge in [-0.25, -0.2) is 4.79 Å². The Kier molecular flexibility index (Phi) is 6.51. The van der Waals surface area contributed by atoms with Crippen LogP contribution in [0.3, 0.4) is 0 Å². The number of ether oxygens (including phenoxy) is 3. The Morgan fingerprint density at radius 2 is 1.96 bits per heavy atom. The molecule has 0 radical (unpaired) electrons. The zero-order valence-electron chi connectivity index (χ0n) is 16.0. The summed E-state index contributed by atoms with van der Waals surface area (Å²) in [7, 11) is 0. The summed E-state index contributed by atoms with van der Waals surface area (Å²) < 4.78 is 16.7. The van der Waals surface area contributed by atoms with E-state index in [1.807, 2.05) is 26.8 Å². The number of rotatable bonds is 6. The summed E-state index contributed by atoms with van der Waals surface area (Å²) >= 11 is 0. The highest BCUT2D eigenvalue weighted by atomic mass is 16.6. The van der Waals surface area contributed by atoms with Crippen LogP contribution in [-0.2, 0) is 11.3 Å². The number of amides is 1. The van der Waals surface area contributed by atoms with Crippen molar-refractivity contribution in [2.75, 3.05) is 13.2 Å². The second-order valence-electron chi connectivity index (χ2n) is 7.28. The Balaban J connectivity index is 2.21. The van der Waals surface area contributed by atoms with E-state index in [0.717, 1.165) is 25.0 Å². The minimum Gasteiger partial charge on any atom is -0.486 e. The van der Waals surface area contributed by atoms with Gasteiger partial charge >= 0.3 is 6.09 Å². The van der Waals surface area contributed by atoms with E-state index in [2.05, 4.69) is 18.8 Å². The van der Waals surface area contributed by atoms with Gasteiger partial charge in [0.05, 0.1) is 18.4 Å². The van der Waals surface area contributed by atoms with Gasteiger partial charge in [0.25, 0.3) is 0 Å². The minimum absolute atomic E-state index is 0.120. The predicted molar refractivity (Wildman–Crippen MR) is 96.0 cm³/mol. The predicted octanol–water partition coefficient (Wildman–Crippen LogP) is 4.17. The van der Waals surface area contributed by atoms with Gasteiger partial charge in [0.15, 0.2) is 11.5 Å². The maximum Gasteiger partial charge on any atom is 0.410 e. The molecule has 140 valence electrons. The smallest absolute Gasteiger partial charge is 0.410 e. The van der Waals surface area contributed by atoms with Crippen LogP contribution in [-0.4, -0.2) is 40.8 Å². The number of aromatic nitrogens is 1. The van der Waals surface area contributed by atoms with Gasteiger partial charge in [-0.1, -0.05) is 20.3 Å². The second kappa shape index (κ2) is 8.41. The van der Waals surface area contributed by atoms with E-state index in [-0.39, 0.29) is 12.1 Å². The number of hydrogen-bond donors (Lipinski definition) is 0. The van der Waals surface area contributed by atoms with Gasteiger partial charge in [-0.2, -0.15) is 0 Å². The summed E-state index contributed by atoms with van der Waals surface area (Å²) in [6.07, 6.45) is 4.17. The average Bonchev–Trinajstić information content (AvgIpc) is 2.56. The quantitative estimate of drug-likeness (QED) is 0.770. The molecular formula is C19H30N2O4. The third-order valence-electron chi connectivity index (χ3n) is 3.98. The fourth-order valence-corrected chi connectivity index (χ4v) is 2.83. The molecule has 0 fully saturated rings. The van der Waals surface area contributed by atoms with Crippen molar-refractivity contribution in [3.05, 3.63) is 18.0 Å². The molecule has 1 amide bonds. The van der Waals surface area contributed by atoms with Crippen molar-refractivity contribution < 1.29 is 19.0 Å². The summed E-state index contributed by atoms with van der Waals surface area (Å²) in [4.78, 5) is 19.0. The highest BCUT2D eigenvalue weighted by Gasteiger charge is 2.28. The summed E-state index contributed by atoms with van der Waals surface area (Å²) in [5, 5.41) is 0. The first-order valence-electron chi connectivity index (χ1n) is 9.08. The van der Waals surface area contributed by atoms with E-state index in [1.54, 1.807) is 11.1 Å². The van der Waals surface area contributed by atoms with Crippen LogP contribution in [0.4, 0.5) is 4.79 Å². The van der Waals surface area contributed by atoms with Crippen molar-refractivity contribution in [3.8, 4) is 11.5 Å². The molecule has 0 aliphatic carbocycles. The number of carbonyl (C=O) groups is 1. The van der Waals surface area contributed by atoms with Crippen LogP contribution in [0.1, 0.15) is 59.6 Å². The minimum atomic E-state index is -0.528. The second-order valence-corrected chi connectivity index (χ2v) is 7.28. The van der Waals surface area contributed by atoms with Crippen molar-refractivity contribution in [3.63, 3.8) is 0 Å². The molecule has 1 unspecified atom stereocenters. The van der Waals surface area contributed by atoms with Crippen LogP contribution >= 0.6 is 0 Å². The fourth-order valence-electron chi connectivity index (χ4n) is 2.83. The third kappa shape index (κ3) is 5.51. The number of nitrogens with zero attached hydrogens (tertiary/aromatic N) is 2. The highest BCUT2D eigenvalue weighted by Crippen LogP contribution is 2.30. The SMILES string of the molecule is CCCC(CC)N(Cc1cc2c(cn1)OCCO2)C(=O)OC(C)(C)C. The highest BCUT2D eigenvalue weighted by molar-refractivity contribution is 5.68. The monoisotopic (exact) mass is 350 g/mol. The van der Waals surface area contributed by atoms with Crippen molar-refractivity contribution in [2.45, 2.75) is 72.1 Å². The molecule has 2 rings (SSSR count). The maximum atomic E-state index is 12.7. The average molecular weight is 350 g/mol. The molecule has 1 aliphatic heterocycles. The lowest BCUT2D eigenvalue weighted by atomic mass is 10.1. The van der Waals surface area contributed by atoms with Crippen LogP contribution in [0.15, 0.2) is 12.3 Å². The van der Waals surface area contributed by atoms with E-state index < -0.39 is 5.60 Å². The molecule has 0 spiro atoms. The summed E-state index contributed by atoms with van der Waals surface area (Å²) in [6, 6.07) is 1.97. The molecule has 1 aliphatic rings.